The van der Waals surface area contributed by atoms with Gasteiger partial charge in [-0.1, -0.05) is 6.08 Å². The maximum Gasteiger partial charge on any atom is 0.332 e. The molecule has 0 unspecified atom stereocenters. The van der Waals surface area contributed by atoms with Crippen LogP contribution in [0.4, 0.5) is 5.95 Å². The molecule has 0 radical (unpaired) electrons. The highest BCUT2D eigenvalue weighted by Crippen LogP contribution is 2.29. The number of nitrogens with zero attached hydrogens (tertiary/aromatic N) is 6. The summed E-state index contributed by atoms with van der Waals surface area (Å²) in [7, 11) is 3.23. The van der Waals surface area contributed by atoms with Crippen LogP contribution in [-0.2, 0) is 18.3 Å². The highest BCUT2D eigenvalue weighted by molar-refractivity contribution is 5.91. The van der Waals surface area contributed by atoms with Crippen molar-refractivity contribution in [1.29, 1.82) is 0 Å². The van der Waals surface area contributed by atoms with E-state index in [0.29, 0.717) is 30.3 Å². The number of allylic oxidation sites excluding steroid dienone is 1. The number of hydrogen-bond acceptors (Lipinski definition) is 6. The molecule has 0 fully saturated rings. The van der Waals surface area contributed by atoms with E-state index in [1.807, 2.05) is 18.4 Å². The van der Waals surface area contributed by atoms with Crippen molar-refractivity contribution in [2.24, 2.45) is 12.1 Å². The van der Waals surface area contributed by atoms with E-state index in [0.717, 1.165) is 10.3 Å². The lowest BCUT2D eigenvalue weighted by Gasteiger charge is -2.28. The lowest BCUT2D eigenvalue weighted by Crippen LogP contribution is -2.40. The number of rotatable bonds is 5. The van der Waals surface area contributed by atoms with E-state index in [-0.39, 0.29) is 18.1 Å². The van der Waals surface area contributed by atoms with Crippen molar-refractivity contribution in [3.05, 3.63) is 33.5 Å². The minimum absolute atomic E-state index is 0.138. The van der Waals surface area contributed by atoms with Crippen LogP contribution in [0.5, 0.6) is 0 Å². The molecule has 9 heteroatoms. The molecule has 3 rings (SSSR count). The van der Waals surface area contributed by atoms with Gasteiger partial charge in [-0.05, 0) is 13.8 Å². The van der Waals surface area contributed by atoms with Gasteiger partial charge < -0.3 is 4.74 Å². The third-order valence-corrected chi connectivity index (χ3v) is 4.48. The zero-order valence-corrected chi connectivity index (χ0v) is 14.9. The smallest absolute Gasteiger partial charge is 0.332 e. The first kappa shape index (κ1) is 17.2. The van der Waals surface area contributed by atoms with Gasteiger partial charge in [-0.3, -0.25) is 18.5 Å². The molecule has 25 heavy (non-hydrogen) atoms. The van der Waals surface area contributed by atoms with Crippen molar-refractivity contribution < 1.29 is 4.74 Å². The molecule has 1 aliphatic rings. The minimum atomic E-state index is -0.415. The lowest BCUT2D eigenvalue weighted by atomic mass is 10.2. The van der Waals surface area contributed by atoms with Crippen molar-refractivity contribution in [3.63, 3.8) is 0 Å². The van der Waals surface area contributed by atoms with E-state index >= 15 is 0 Å². The van der Waals surface area contributed by atoms with Crippen molar-refractivity contribution in [2.75, 3.05) is 25.3 Å². The van der Waals surface area contributed by atoms with Crippen LogP contribution in [-0.4, -0.2) is 44.7 Å². The Balaban J connectivity index is 2.35. The molecule has 9 nitrogen and oxygen atoms in total. The first-order chi connectivity index (χ1) is 11.9. The second-order valence-electron chi connectivity index (χ2n) is 6.03. The summed E-state index contributed by atoms with van der Waals surface area (Å²) < 4.78 is 9.53. The Morgan fingerprint density at radius 2 is 2.08 bits per heavy atom. The zero-order chi connectivity index (χ0) is 18.3. The number of fused-ring (bicyclic) bond motifs is 3. The Morgan fingerprint density at radius 1 is 1.36 bits per heavy atom. The highest BCUT2D eigenvalue weighted by atomic mass is 16.5. The number of hydrazone groups is 1. The maximum absolute atomic E-state index is 13.0. The highest BCUT2D eigenvalue weighted by Gasteiger charge is 2.30. The third kappa shape index (κ3) is 2.51. The zero-order valence-electron chi connectivity index (χ0n) is 14.9. The van der Waals surface area contributed by atoms with Gasteiger partial charge in [0.25, 0.3) is 5.56 Å². The van der Waals surface area contributed by atoms with Crippen LogP contribution in [0.2, 0.25) is 0 Å². The normalized spacial score (nSPS) is 16.9. The fraction of sp³-hybridized carbons (Fsp3) is 0.500. The Hall–Kier alpha value is -2.68. The Bertz CT molecular complexity index is 980. The van der Waals surface area contributed by atoms with Gasteiger partial charge >= 0.3 is 5.69 Å². The summed E-state index contributed by atoms with van der Waals surface area (Å²) in [5, 5.41) is 6.26. The van der Waals surface area contributed by atoms with E-state index in [1.54, 1.807) is 19.2 Å². The van der Waals surface area contributed by atoms with Crippen LogP contribution in [0.1, 0.15) is 19.9 Å². The molecule has 0 aliphatic carbocycles. The summed E-state index contributed by atoms with van der Waals surface area (Å²) in [5.41, 5.74) is 0.811. The second kappa shape index (κ2) is 6.32. The number of methoxy groups -OCH3 is 1. The van der Waals surface area contributed by atoms with E-state index in [9.17, 15) is 9.59 Å². The second-order valence-corrected chi connectivity index (χ2v) is 6.03. The monoisotopic (exact) mass is 346 g/mol. The van der Waals surface area contributed by atoms with Crippen molar-refractivity contribution in [2.45, 2.75) is 26.4 Å². The van der Waals surface area contributed by atoms with Crippen LogP contribution in [0.25, 0.3) is 11.2 Å². The van der Waals surface area contributed by atoms with Gasteiger partial charge in [-0.2, -0.15) is 10.1 Å². The summed E-state index contributed by atoms with van der Waals surface area (Å²) in [5.74, 6) is 0.536. The quantitative estimate of drug-likeness (QED) is 0.735. The molecular weight excluding hydrogens is 324 g/mol. The Kier molecular flexibility index (Phi) is 4.34. The van der Waals surface area contributed by atoms with E-state index in [4.69, 9.17) is 4.74 Å². The van der Waals surface area contributed by atoms with Gasteiger partial charge in [0.15, 0.2) is 11.2 Å². The summed E-state index contributed by atoms with van der Waals surface area (Å²) >= 11 is 0. The number of hydrogen-bond donors (Lipinski definition) is 0. The SMILES string of the molecule is C=CCn1c(=O)c2c(nc3n2[C@@H](C)C(C)=NN3CCOC)n(C)c1=O. The summed E-state index contributed by atoms with van der Waals surface area (Å²) in [4.78, 5) is 30.0. The molecule has 2 aromatic heterocycles. The molecular formula is C16H22N6O3. The van der Waals surface area contributed by atoms with E-state index < -0.39 is 5.69 Å². The molecule has 134 valence electrons. The molecule has 0 amide bonds. The molecule has 2 aromatic rings. The van der Waals surface area contributed by atoms with Gasteiger partial charge in [0.05, 0.1) is 24.9 Å². The van der Waals surface area contributed by atoms with Crippen LogP contribution in [0.15, 0.2) is 27.3 Å². The maximum atomic E-state index is 13.0. The third-order valence-electron chi connectivity index (χ3n) is 4.48. The van der Waals surface area contributed by atoms with Crippen LogP contribution < -0.4 is 16.3 Å². The molecule has 0 bridgehead atoms. The van der Waals surface area contributed by atoms with Crippen LogP contribution in [0.3, 0.4) is 0 Å². The van der Waals surface area contributed by atoms with Gasteiger partial charge in [0.1, 0.15) is 0 Å². The summed E-state index contributed by atoms with van der Waals surface area (Å²) in [6.07, 6.45) is 1.53. The van der Waals surface area contributed by atoms with Crippen LogP contribution >= 0.6 is 0 Å². The number of anilines is 1. The van der Waals surface area contributed by atoms with Crippen molar-refractivity contribution >= 4 is 22.8 Å². The molecule has 0 N–H and O–H groups in total. The largest absolute Gasteiger partial charge is 0.383 e. The number of ether oxygens (including phenoxy) is 1. The van der Waals surface area contributed by atoms with Gasteiger partial charge in [-0.25, -0.2) is 9.80 Å². The molecule has 0 saturated heterocycles. The summed E-state index contributed by atoms with van der Waals surface area (Å²) in [6.45, 7) is 8.60. The first-order valence-electron chi connectivity index (χ1n) is 8.06. The standard InChI is InChI=1S/C16H22N6O3/c1-6-7-20-14(23)12-13(19(4)16(20)24)17-15-21(8-9-25-5)18-10(2)11(3)22(12)15/h6,11H,1,7-9H2,2-5H3/t11-/m0/s1. The molecule has 1 aliphatic heterocycles. The summed E-state index contributed by atoms with van der Waals surface area (Å²) in [6, 6.07) is -0.138. The number of aryl methyl sites for hydroxylation is 1. The van der Waals surface area contributed by atoms with Crippen LogP contribution in [0, 0.1) is 0 Å². The fourth-order valence-electron chi connectivity index (χ4n) is 3.00. The topological polar surface area (TPSA) is 86.7 Å². The number of aromatic nitrogens is 4. The molecule has 0 aromatic carbocycles. The van der Waals surface area contributed by atoms with Gasteiger partial charge in [0, 0.05) is 20.7 Å². The molecule has 3 heterocycles. The predicted molar refractivity (Wildman–Crippen MR) is 96.5 cm³/mol. The van der Waals surface area contributed by atoms with E-state index in [1.165, 1.54) is 10.6 Å². The van der Waals surface area contributed by atoms with Gasteiger partial charge in [-0.15, -0.1) is 6.58 Å². The van der Waals surface area contributed by atoms with E-state index in [2.05, 4.69) is 16.7 Å². The molecule has 0 saturated carbocycles. The van der Waals surface area contributed by atoms with Crippen molar-refractivity contribution in [3.8, 4) is 0 Å². The fourth-order valence-corrected chi connectivity index (χ4v) is 3.00. The number of imidazole rings is 1. The lowest BCUT2D eigenvalue weighted by molar-refractivity contribution is 0.204. The Morgan fingerprint density at radius 3 is 2.72 bits per heavy atom. The Labute approximate surface area is 144 Å². The average Bonchev–Trinajstić information content (AvgIpc) is 3.00. The average molecular weight is 346 g/mol. The predicted octanol–water partition coefficient (Wildman–Crippen LogP) is 0.486. The van der Waals surface area contributed by atoms with Gasteiger partial charge in [0.2, 0.25) is 5.95 Å². The van der Waals surface area contributed by atoms with Crippen molar-refractivity contribution in [1.82, 2.24) is 18.7 Å². The molecule has 1 atom stereocenters. The first-order valence-corrected chi connectivity index (χ1v) is 8.06. The molecule has 0 spiro atoms. The minimum Gasteiger partial charge on any atom is -0.383 e.